The van der Waals surface area contributed by atoms with Crippen molar-refractivity contribution in [1.82, 2.24) is 9.80 Å². The van der Waals surface area contributed by atoms with Crippen LogP contribution in [0.1, 0.15) is 90.9 Å². The largest absolute Gasteiger partial charge is 0.309 e. The molecule has 1 unspecified atom stereocenters. The van der Waals surface area contributed by atoms with Crippen molar-refractivity contribution < 1.29 is 13.6 Å². The van der Waals surface area contributed by atoms with Crippen LogP contribution in [0.5, 0.6) is 0 Å². The number of nitrogens with zero attached hydrogens (tertiary/aromatic N) is 2. The lowest BCUT2D eigenvalue weighted by molar-refractivity contribution is 0.0790. The first-order valence-electron chi connectivity index (χ1n) is 14.5. The van der Waals surface area contributed by atoms with Crippen LogP contribution in [0.4, 0.5) is 8.78 Å². The van der Waals surface area contributed by atoms with Crippen molar-refractivity contribution >= 4 is 40.7 Å². The molecule has 0 bridgehead atoms. The number of rotatable bonds is 10. The van der Waals surface area contributed by atoms with E-state index in [-0.39, 0.29) is 11.0 Å². The molecule has 1 atom stereocenters. The van der Waals surface area contributed by atoms with E-state index in [9.17, 15) is 13.6 Å². The van der Waals surface area contributed by atoms with Gasteiger partial charge in [0.1, 0.15) is 0 Å². The van der Waals surface area contributed by atoms with Gasteiger partial charge in [0.05, 0.1) is 5.56 Å². The van der Waals surface area contributed by atoms with Crippen LogP contribution in [0.3, 0.4) is 0 Å². The fraction of sp³-hybridized carbons (Fsp3) is 0.500. The number of carbonyl (C=O) groups excluding carboxylic acids is 1. The molecule has 1 aliphatic heterocycles. The molecule has 0 fully saturated rings. The predicted molar refractivity (Wildman–Crippen MR) is 181 cm³/mol. The lowest BCUT2D eigenvalue weighted by Crippen LogP contribution is -2.33. The average Bonchev–Trinajstić information content (AvgIpc) is 3.26. The van der Waals surface area contributed by atoms with Crippen LogP contribution in [0.25, 0.3) is 0 Å². The lowest BCUT2D eigenvalue weighted by atomic mass is 9.79. The van der Waals surface area contributed by atoms with Gasteiger partial charge in [-0.05, 0) is 90.4 Å². The van der Waals surface area contributed by atoms with Gasteiger partial charge in [-0.3, -0.25) is 4.79 Å². The first-order chi connectivity index (χ1) is 19.8. The molecule has 1 heterocycles. The molecule has 42 heavy (non-hydrogen) atoms. The second kappa shape index (κ2) is 23.5. The Kier molecular flexibility index (Phi) is 23.6. The SMILES string of the molecule is C/C=C(/Cl)CC/C=C/Cl.C=CC1=C(C/C=C(\C)Cl)C(C)(CC)CN1C(=O)c1cccc(F)c1F.CC.CCCN(C)C. The van der Waals surface area contributed by atoms with Crippen molar-refractivity contribution in [3.63, 3.8) is 0 Å². The maximum atomic E-state index is 14.1. The third-order valence-corrected chi connectivity index (χ3v) is 7.19. The van der Waals surface area contributed by atoms with Crippen LogP contribution in [-0.4, -0.2) is 42.9 Å². The van der Waals surface area contributed by atoms with E-state index < -0.39 is 17.5 Å². The first-order valence-corrected chi connectivity index (χ1v) is 15.7. The number of halogens is 5. The van der Waals surface area contributed by atoms with Crippen LogP contribution in [0.15, 0.2) is 76.0 Å². The Bertz CT molecular complexity index is 1080. The highest BCUT2D eigenvalue weighted by Gasteiger charge is 2.41. The van der Waals surface area contributed by atoms with Crippen LogP contribution in [0.2, 0.25) is 0 Å². The van der Waals surface area contributed by atoms with E-state index in [2.05, 4.69) is 39.4 Å². The molecule has 0 saturated heterocycles. The van der Waals surface area contributed by atoms with E-state index in [1.807, 2.05) is 45.9 Å². The Labute approximate surface area is 269 Å². The fourth-order valence-electron chi connectivity index (χ4n) is 4.03. The average molecular weight is 648 g/mol. The molecule has 3 nitrogen and oxygen atoms in total. The van der Waals surface area contributed by atoms with E-state index in [1.165, 1.54) is 35.5 Å². The zero-order valence-corrected chi connectivity index (χ0v) is 29.2. The summed E-state index contributed by atoms with van der Waals surface area (Å²) in [6.07, 6.45) is 11.7. The van der Waals surface area contributed by atoms with Crippen molar-refractivity contribution in [2.75, 3.05) is 27.2 Å². The number of carbonyl (C=O) groups is 1. The fourth-order valence-corrected chi connectivity index (χ4v) is 4.34. The highest BCUT2D eigenvalue weighted by Crippen LogP contribution is 2.44. The normalized spacial score (nSPS) is 16.9. The maximum Gasteiger partial charge on any atom is 0.261 e. The van der Waals surface area contributed by atoms with Gasteiger partial charge in [0.25, 0.3) is 5.91 Å². The third kappa shape index (κ3) is 15.0. The summed E-state index contributed by atoms with van der Waals surface area (Å²) < 4.78 is 27.6. The van der Waals surface area contributed by atoms with Gasteiger partial charge < -0.3 is 9.80 Å². The van der Waals surface area contributed by atoms with Crippen molar-refractivity contribution in [2.24, 2.45) is 5.41 Å². The molecular weight excluding hydrogens is 597 g/mol. The molecule has 1 aromatic carbocycles. The summed E-state index contributed by atoms with van der Waals surface area (Å²) in [4.78, 5) is 16.5. The minimum absolute atomic E-state index is 0.272. The molecule has 8 heteroatoms. The van der Waals surface area contributed by atoms with Crippen molar-refractivity contribution in [1.29, 1.82) is 0 Å². The minimum Gasteiger partial charge on any atom is -0.309 e. The summed E-state index contributed by atoms with van der Waals surface area (Å²) in [5, 5.41) is 1.56. The number of benzene rings is 1. The number of allylic oxidation sites excluding steroid dienone is 6. The maximum absolute atomic E-state index is 14.1. The summed E-state index contributed by atoms with van der Waals surface area (Å²) in [6.45, 7) is 19.4. The Morgan fingerprint density at radius 3 is 2.24 bits per heavy atom. The summed E-state index contributed by atoms with van der Waals surface area (Å²) >= 11 is 16.9. The Morgan fingerprint density at radius 1 is 1.19 bits per heavy atom. The number of hydrogen-bond donors (Lipinski definition) is 0. The quantitative estimate of drug-likeness (QED) is 0.252. The second-order valence-electron chi connectivity index (χ2n) is 9.91. The molecule has 1 aromatic rings. The van der Waals surface area contributed by atoms with Gasteiger partial charge in [0, 0.05) is 33.3 Å². The van der Waals surface area contributed by atoms with Crippen LogP contribution in [-0.2, 0) is 0 Å². The molecule has 0 spiro atoms. The first kappa shape index (κ1) is 42.2. The summed E-state index contributed by atoms with van der Waals surface area (Å²) in [7, 11) is 4.17. The standard InChI is InChI=1S/C20H22ClF2NO.C7H10Cl2.C5H13N.C2H6/c1-5-17-15(11-10-13(3)21)20(4,6-2)12-24(17)19(25)14-8-7-9-16(22)18(14)23;1-2-7(9)5-3-4-6-8;1-4-5-6(2)3;1-2/h5,7-10H,1,6,11-12H2,2-4H3;2,4,6H,3,5H2,1H3;4-5H2,1-3H3;1-2H3/b13-10+;6-4+,7-2+;;. The van der Waals surface area contributed by atoms with Gasteiger partial charge in [-0.25, -0.2) is 8.78 Å². The van der Waals surface area contributed by atoms with Crippen LogP contribution < -0.4 is 0 Å². The third-order valence-electron chi connectivity index (χ3n) is 6.45. The molecule has 238 valence electrons. The highest BCUT2D eigenvalue weighted by molar-refractivity contribution is 6.29. The van der Waals surface area contributed by atoms with Gasteiger partial charge >= 0.3 is 0 Å². The van der Waals surface area contributed by atoms with E-state index >= 15 is 0 Å². The van der Waals surface area contributed by atoms with Crippen molar-refractivity contribution in [3.8, 4) is 0 Å². The molecule has 1 amide bonds. The molecule has 2 rings (SSSR count). The Balaban J connectivity index is 0. The molecule has 0 saturated carbocycles. The van der Waals surface area contributed by atoms with Gasteiger partial charge in [-0.15, -0.1) is 0 Å². The van der Waals surface area contributed by atoms with E-state index in [1.54, 1.807) is 13.0 Å². The monoisotopic (exact) mass is 646 g/mol. The summed E-state index contributed by atoms with van der Waals surface area (Å²) in [6, 6.07) is 3.63. The number of hydrogen-bond acceptors (Lipinski definition) is 2. The lowest BCUT2D eigenvalue weighted by Gasteiger charge is -2.26. The highest BCUT2D eigenvalue weighted by atomic mass is 35.5. The van der Waals surface area contributed by atoms with Crippen LogP contribution in [0, 0.1) is 17.0 Å². The second-order valence-corrected chi connectivity index (χ2v) is 11.2. The van der Waals surface area contributed by atoms with Gasteiger partial charge in [0.15, 0.2) is 11.6 Å². The molecular formula is C34H51Cl3F2N2O. The minimum atomic E-state index is -1.13. The summed E-state index contributed by atoms with van der Waals surface area (Å²) in [5.41, 5.74) is 2.64. The predicted octanol–water partition coefficient (Wildman–Crippen LogP) is 11.5. The van der Waals surface area contributed by atoms with Crippen LogP contribution >= 0.6 is 34.8 Å². The zero-order valence-electron chi connectivity index (χ0n) is 27.0. The molecule has 0 radical (unpaired) electrons. The smallest absolute Gasteiger partial charge is 0.261 e. The van der Waals surface area contributed by atoms with Crippen molar-refractivity contribution in [2.45, 2.75) is 80.6 Å². The number of amides is 1. The van der Waals surface area contributed by atoms with Crippen molar-refractivity contribution in [3.05, 3.63) is 93.1 Å². The van der Waals surface area contributed by atoms with E-state index in [0.717, 1.165) is 35.9 Å². The van der Waals surface area contributed by atoms with E-state index in [0.29, 0.717) is 23.7 Å². The summed E-state index contributed by atoms with van der Waals surface area (Å²) in [5.74, 6) is -2.72. The molecule has 0 N–H and O–H groups in total. The van der Waals surface area contributed by atoms with Gasteiger partial charge in [-0.2, -0.15) is 0 Å². The molecule has 0 aromatic heterocycles. The Hall–Kier alpha value is -1.92. The van der Waals surface area contributed by atoms with Gasteiger partial charge in [0.2, 0.25) is 0 Å². The van der Waals surface area contributed by atoms with E-state index in [4.69, 9.17) is 34.8 Å². The zero-order chi connectivity index (χ0) is 32.9. The van der Waals surface area contributed by atoms with Gasteiger partial charge in [-0.1, -0.05) is 100 Å². The molecule has 1 aliphatic rings. The Morgan fingerprint density at radius 2 is 1.81 bits per heavy atom. The topological polar surface area (TPSA) is 23.6 Å². The molecule has 0 aliphatic carbocycles.